The molecule has 0 bridgehead atoms. The molecule has 2 aromatic heterocycles. The van der Waals surface area contributed by atoms with Crippen molar-refractivity contribution < 1.29 is 4.79 Å². The molecule has 1 N–H and O–H groups in total. The van der Waals surface area contributed by atoms with Gasteiger partial charge in [-0.3, -0.25) is 9.59 Å². The minimum atomic E-state index is -0.645. The van der Waals surface area contributed by atoms with E-state index in [4.69, 9.17) is 0 Å². The highest BCUT2D eigenvalue weighted by molar-refractivity contribution is 7.26. The molecule has 0 aliphatic carbocycles. The highest BCUT2D eigenvalue weighted by Gasteiger charge is 2.22. The van der Waals surface area contributed by atoms with Gasteiger partial charge in [0.25, 0.3) is 5.56 Å². The maximum absolute atomic E-state index is 13.2. The van der Waals surface area contributed by atoms with Crippen molar-refractivity contribution in [3.8, 4) is 0 Å². The molecule has 160 valence electrons. The van der Waals surface area contributed by atoms with Gasteiger partial charge in [-0.2, -0.15) is 5.10 Å². The summed E-state index contributed by atoms with van der Waals surface area (Å²) in [6.45, 7) is 8.70. The normalized spacial score (nSPS) is 18.7. The molecular formula is C23H30N4O2S. The van der Waals surface area contributed by atoms with E-state index in [2.05, 4.69) is 22.2 Å². The van der Waals surface area contributed by atoms with E-state index in [1.807, 2.05) is 31.2 Å². The minimum absolute atomic E-state index is 0.158. The van der Waals surface area contributed by atoms with Gasteiger partial charge in [0.1, 0.15) is 6.04 Å². The van der Waals surface area contributed by atoms with Crippen LogP contribution in [0.3, 0.4) is 0 Å². The van der Waals surface area contributed by atoms with Crippen LogP contribution >= 0.6 is 11.3 Å². The minimum Gasteiger partial charge on any atom is -0.354 e. The highest BCUT2D eigenvalue weighted by atomic mass is 32.1. The number of aromatic nitrogens is 2. The smallest absolute Gasteiger partial charge is 0.276 e. The third-order valence-corrected chi connectivity index (χ3v) is 7.49. The third kappa shape index (κ3) is 4.01. The second-order valence-corrected chi connectivity index (χ2v) is 9.39. The van der Waals surface area contributed by atoms with Crippen molar-refractivity contribution in [3.63, 3.8) is 0 Å². The van der Waals surface area contributed by atoms with E-state index in [9.17, 15) is 9.59 Å². The van der Waals surface area contributed by atoms with Gasteiger partial charge in [-0.15, -0.1) is 11.3 Å². The lowest BCUT2D eigenvalue weighted by Gasteiger charge is -2.33. The number of benzene rings is 1. The van der Waals surface area contributed by atoms with Crippen molar-refractivity contribution in [2.75, 3.05) is 19.6 Å². The Morgan fingerprint density at radius 1 is 1.33 bits per heavy atom. The molecule has 1 saturated heterocycles. The van der Waals surface area contributed by atoms with Gasteiger partial charge >= 0.3 is 0 Å². The van der Waals surface area contributed by atoms with E-state index in [-0.39, 0.29) is 11.5 Å². The number of likely N-dealkylation sites (tertiary alicyclic amines) is 1. The molecular weight excluding hydrogens is 396 g/mol. The number of nitrogens with one attached hydrogen (secondary N) is 1. The summed E-state index contributed by atoms with van der Waals surface area (Å²) in [7, 11) is 0. The molecule has 0 unspecified atom stereocenters. The van der Waals surface area contributed by atoms with Crippen molar-refractivity contribution >= 4 is 37.4 Å². The van der Waals surface area contributed by atoms with E-state index in [0.717, 1.165) is 40.0 Å². The van der Waals surface area contributed by atoms with Crippen LogP contribution in [0, 0.1) is 6.92 Å². The molecule has 0 radical (unpaired) electrons. The third-order valence-electron chi connectivity index (χ3n) is 6.21. The highest BCUT2D eigenvalue weighted by Crippen LogP contribution is 2.32. The Hall–Kier alpha value is -2.25. The summed E-state index contributed by atoms with van der Waals surface area (Å²) in [5, 5.41) is 9.08. The molecule has 1 amide bonds. The first-order valence-corrected chi connectivity index (χ1v) is 11.7. The number of nitrogens with zero attached hydrogens (tertiary/aromatic N) is 3. The van der Waals surface area contributed by atoms with Gasteiger partial charge in [0.2, 0.25) is 5.91 Å². The lowest BCUT2D eigenvalue weighted by molar-refractivity contribution is -0.124. The molecule has 3 aromatic rings. The largest absolute Gasteiger partial charge is 0.354 e. The molecule has 4 rings (SSSR count). The number of carbonyl (C=O) groups is 1. The Morgan fingerprint density at radius 2 is 2.13 bits per heavy atom. The Balaban J connectivity index is 1.46. The van der Waals surface area contributed by atoms with Crippen molar-refractivity contribution in [1.29, 1.82) is 0 Å². The summed E-state index contributed by atoms with van der Waals surface area (Å²) < 4.78 is 3.32. The van der Waals surface area contributed by atoms with Gasteiger partial charge in [-0.05, 0) is 52.6 Å². The number of hydrogen-bond acceptors (Lipinski definition) is 5. The fourth-order valence-electron chi connectivity index (χ4n) is 4.38. The van der Waals surface area contributed by atoms with Gasteiger partial charge in [0.05, 0.1) is 15.8 Å². The Morgan fingerprint density at radius 3 is 2.93 bits per heavy atom. The molecule has 0 spiro atoms. The number of thiophene rings is 1. The molecule has 1 aliphatic heterocycles. The van der Waals surface area contributed by atoms with Gasteiger partial charge < -0.3 is 10.2 Å². The average molecular weight is 427 g/mol. The van der Waals surface area contributed by atoms with Crippen LogP contribution in [0.5, 0.6) is 0 Å². The van der Waals surface area contributed by atoms with Crippen LogP contribution in [0.4, 0.5) is 0 Å². The fourth-order valence-corrected chi connectivity index (χ4v) is 5.52. The standard InChI is InChI=1S/C23H30N4O2S/c1-15-9-6-7-13-26(15)14-8-12-24-22(28)17(3)27-23(29)20-18-10-4-5-11-19(18)30-21(20)16(2)25-27/h4-5,10-11,15,17H,6-9,12-14H2,1-3H3,(H,24,28)/t15-,17+/m1/s1. The molecule has 30 heavy (non-hydrogen) atoms. The lowest BCUT2D eigenvalue weighted by Crippen LogP contribution is -2.40. The maximum atomic E-state index is 13.2. The summed E-state index contributed by atoms with van der Waals surface area (Å²) in [5.74, 6) is -0.158. The van der Waals surface area contributed by atoms with Gasteiger partial charge in [-0.25, -0.2) is 4.68 Å². The Labute approximate surface area is 180 Å². The van der Waals surface area contributed by atoms with Gasteiger partial charge in [0.15, 0.2) is 0 Å². The first-order valence-electron chi connectivity index (χ1n) is 10.9. The molecule has 1 aliphatic rings. The van der Waals surface area contributed by atoms with E-state index in [0.29, 0.717) is 18.0 Å². The Bertz CT molecular complexity index is 1120. The van der Waals surface area contributed by atoms with Crippen molar-refractivity contribution in [1.82, 2.24) is 20.0 Å². The van der Waals surface area contributed by atoms with E-state index in [1.54, 1.807) is 18.3 Å². The molecule has 0 saturated carbocycles. The maximum Gasteiger partial charge on any atom is 0.276 e. The summed E-state index contributed by atoms with van der Waals surface area (Å²) in [5.41, 5.74) is 0.586. The number of carbonyl (C=O) groups excluding carboxylic acids is 1. The molecule has 6 nitrogen and oxygen atoms in total. The average Bonchev–Trinajstić information content (AvgIpc) is 3.15. The summed E-state index contributed by atoms with van der Waals surface area (Å²) in [4.78, 5) is 28.4. The lowest BCUT2D eigenvalue weighted by atomic mass is 10.0. The van der Waals surface area contributed by atoms with Crippen LogP contribution in [0.1, 0.15) is 51.3 Å². The number of fused-ring (bicyclic) bond motifs is 3. The number of aryl methyl sites for hydroxylation is 1. The topological polar surface area (TPSA) is 67.2 Å². The molecule has 1 aromatic carbocycles. The van der Waals surface area contributed by atoms with Crippen molar-refractivity contribution in [2.24, 2.45) is 0 Å². The number of rotatable bonds is 6. The van der Waals surface area contributed by atoms with Crippen LogP contribution in [0.2, 0.25) is 0 Å². The summed E-state index contributed by atoms with van der Waals surface area (Å²) in [6.07, 6.45) is 4.76. The molecule has 2 atom stereocenters. The second kappa shape index (κ2) is 8.86. The number of hydrogen-bond donors (Lipinski definition) is 1. The van der Waals surface area contributed by atoms with Crippen LogP contribution in [0.25, 0.3) is 20.2 Å². The van der Waals surface area contributed by atoms with Crippen LogP contribution < -0.4 is 10.9 Å². The SMILES string of the molecule is Cc1nn([C@@H](C)C(=O)NCCCN2CCCC[C@H]2C)c(=O)c2c1sc1ccccc12. The van der Waals surface area contributed by atoms with Gasteiger partial charge in [0, 0.05) is 29.2 Å². The predicted octanol–water partition coefficient (Wildman–Crippen LogP) is 3.86. The summed E-state index contributed by atoms with van der Waals surface area (Å²) >= 11 is 1.58. The number of piperidine rings is 1. The quantitative estimate of drug-likeness (QED) is 0.608. The first-order chi connectivity index (χ1) is 14.5. The number of amides is 1. The molecule has 3 heterocycles. The van der Waals surface area contributed by atoms with E-state index in [1.165, 1.54) is 23.9 Å². The first kappa shape index (κ1) is 21.0. The predicted molar refractivity (Wildman–Crippen MR) is 123 cm³/mol. The Kier molecular flexibility index (Phi) is 6.20. The van der Waals surface area contributed by atoms with Crippen LogP contribution in [0.15, 0.2) is 29.1 Å². The zero-order chi connectivity index (χ0) is 21.3. The second-order valence-electron chi connectivity index (χ2n) is 8.34. The molecule has 7 heteroatoms. The fraction of sp³-hybridized carbons (Fsp3) is 0.522. The van der Waals surface area contributed by atoms with E-state index >= 15 is 0 Å². The monoisotopic (exact) mass is 426 g/mol. The van der Waals surface area contributed by atoms with Gasteiger partial charge in [-0.1, -0.05) is 24.6 Å². The zero-order valence-corrected chi connectivity index (χ0v) is 18.8. The summed E-state index contributed by atoms with van der Waals surface area (Å²) in [6, 6.07) is 7.88. The van der Waals surface area contributed by atoms with E-state index < -0.39 is 6.04 Å². The van der Waals surface area contributed by atoms with Crippen LogP contribution in [-0.2, 0) is 4.79 Å². The zero-order valence-electron chi connectivity index (χ0n) is 18.0. The van der Waals surface area contributed by atoms with Crippen LogP contribution in [-0.4, -0.2) is 46.3 Å². The van der Waals surface area contributed by atoms with Crippen molar-refractivity contribution in [3.05, 3.63) is 40.3 Å². The van der Waals surface area contributed by atoms with Crippen molar-refractivity contribution in [2.45, 2.75) is 58.5 Å². The molecule has 1 fully saturated rings.